The van der Waals surface area contributed by atoms with Gasteiger partial charge in [0.15, 0.2) is 0 Å². The lowest BCUT2D eigenvalue weighted by molar-refractivity contribution is -0.147. The topological polar surface area (TPSA) is 38.3 Å². The molecule has 4 heteroatoms. The van der Waals surface area contributed by atoms with Gasteiger partial charge in [-0.05, 0) is 31.7 Å². The number of carbonyl (C=O) groups excluding carboxylic acids is 1. The first kappa shape index (κ1) is 13.2. The molecular weight excluding hydrogens is 222 g/mol. The average molecular weight is 241 g/mol. The quantitative estimate of drug-likeness (QED) is 0.806. The van der Waals surface area contributed by atoms with Gasteiger partial charge in [-0.15, -0.1) is 11.3 Å². The number of carbonyl (C=O) groups is 1. The standard InChI is InChI=1S/C12H19NO2S/c1-5-9(10-7-6-8-16-10)13-12(2,3)11(14)15-4/h6-9,13H,5H2,1-4H3. The fourth-order valence-corrected chi connectivity index (χ4v) is 2.47. The van der Waals surface area contributed by atoms with E-state index in [1.165, 1.54) is 12.0 Å². The lowest BCUT2D eigenvalue weighted by Gasteiger charge is -2.28. The summed E-state index contributed by atoms with van der Waals surface area (Å²) in [5.74, 6) is -0.234. The van der Waals surface area contributed by atoms with Crippen molar-refractivity contribution < 1.29 is 9.53 Å². The molecule has 0 aliphatic rings. The van der Waals surface area contributed by atoms with Crippen molar-refractivity contribution in [1.82, 2.24) is 5.32 Å². The second-order valence-electron chi connectivity index (χ2n) is 4.24. The first-order chi connectivity index (χ1) is 7.51. The first-order valence-corrected chi connectivity index (χ1v) is 6.28. The van der Waals surface area contributed by atoms with E-state index in [1.54, 1.807) is 11.3 Å². The van der Waals surface area contributed by atoms with Crippen molar-refractivity contribution in [2.75, 3.05) is 7.11 Å². The first-order valence-electron chi connectivity index (χ1n) is 5.40. The Bertz CT molecular complexity index is 333. The molecule has 0 saturated heterocycles. The Morgan fingerprint density at radius 3 is 2.75 bits per heavy atom. The van der Waals surface area contributed by atoms with E-state index in [-0.39, 0.29) is 12.0 Å². The molecule has 1 N–H and O–H groups in total. The highest BCUT2D eigenvalue weighted by atomic mass is 32.1. The normalized spacial score (nSPS) is 13.5. The van der Waals surface area contributed by atoms with Gasteiger partial charge in [0, 0.05) is 10.9 Å². The predicted molar refractivity (Wildman–Crippen MR) is 66.6 cm³/mol. The molecule has 0 saturated carbocycles. The molecule has 1 aromatic rings. The summed E-state index contributed by atoms with van der Waals surface area (Å²) >= 11 is 1.70. The fourth-order valence-electron chi connectivity index (χ4n) is 1.61. The van der Waals surface area contributed by atoms with Crippen LogP contribution in [0.2, 0.25) is 0 Å². The van der Waals surface area contributed by atoms with Gasteiger partial charge in [0.25, 0.3) is 0 Å². The summed E-state index contributed by atoms with van der Waals surface area (Å²) in [5.41, 5.74) is -0.653. The summed E-state index contributed by atoms with van der Waals surface area (Å²) in [5, 5.41) is 5.38. The van der Waals surface area contributed by atoms with Crippen LogP contribution in [0.4, 0.5) is 0 Å². The lowest BCUT2D eigenvalue weighted by atomic mass is 10.0. The van der Waals surface area contributed by atoms with Crippen LogP contribution in [-0.2, 0) is 9.53 Å². The monoisotopic (exact) mass is 241 g/mol. The fraction of sp³-hybridized carbons (Fsp3) is 0.583. The largest absolute Gasteiger partial charge is 0.468 e. The van der Waals surface area contributed by atoms with Gasteiger partial charge >= 0.3 is 5.97 Å². The number of hydrogen-bond donors (Lipinski definition) is 1. The van der Waals surface area contributed by atoms with E-state index in [1.807, 2.05) is 25.3 Å². The SMILES string of the molecule is CCC(NC(C)(C)C(=O)OC)c1cccs1. The molecule has 16 heavy (non-hydrogen) atoms. The smallest absolute Gasteiger partial charge is 0.325 e. The minimum Gasteiger partial charge on any atom is -0.468 e. The van der Waals surface area contributed by atoms with Crippen molar-refractivity contribution >= 4 is 17.3 Å². The number of methoxy groups -OCH3 is 1. The number of ether oxygens (including phenoxy) is 1. The van der Waals surface area contributed by atoms with Crippen molar-refractivity contribution in [1.29, 1.82) is 0 Å². The van der Waals surface area contributed by atoms with Gasteiger partial charge < -0.3 is 4.74 Å². The van der Waals surface area contributed by atoms with Gasteiger partial charge in [-0.1, -0.05) is 13.0 Å². The molecule has 90 valence electrons. The van der Waals surface area contributed by atoms with Crippen LogP contribution < -0.4 is 5.32 Å². The van der Waals surface area contributed by atoms with Crippen molar-refractivity contribution in [3.05, 3.63) is 22.4 Å². The summed E-state index contributed by atoms with van der Waals surface area (Å²) in [6.45, 7) is 5.79. The molecular formula is C12H19NO2S. The molecule has 3 nitrogen and oxygen atoms in total. The van der Waals surface area contributed by atoms with Crippen LogP contribution in [0.3, 0.4) is 0 Å². The molecule has 1 rings (SSSR count). The molecule has 0 amide bonds. The highest BCUT2D eigenvalue weighted by Crippen LogP contribution is 2.24. The summed E-state index contributed by atoms with van der Waals surface area (Å²) in [4.78, 5) is 12.8. The maximum Gasteiger partial charge on any atom is 0.325 e. The van der Waals surface area contributed by atoms with Crippen molar-refractivity contribution in [2.24, 2.45) is 0 Å². The number of esters is 1. The molecule has 0 aliphatic carbocycles. The van der Waals surface area contributed by atoms with Crippen molar-refractivity contribution in [2.45, 2.75) is 38.8 Å². The molecule has 0 fully saturated rings. The third-order valence-corrected chi connectivity index (χ3v) is 3.51. The van der Waals surface area contributed by atoms with Gasteiger partial charge in [-0.2, -0.15) is 0 Å². The van der Waals surface area contributed by atoms with Crippen molar-refractivity contribution in [3.63, 3.8) is 0 Å². The third-order valence-electron chi connectivity index (χ3n) is 2.53. The summed E-state index contributed by atoms with van der Waals surface area (Å²) < 4.78 is 4.78. The van der Waals surface area contributed by atoms with Gasteiger partial charge in [-0.25, -0.2) is 0 Å². The third kappa shape index (κ3) is 3.06. The highest BCUT2D eigenvalue weighted by Gasteiger charge is 2.31. The van der Waals surface area contributed by atoms with Crippen LogP contribution in [0, 0.1) is 0 Å². The molecule has 0 aliphatic heterocycles. The van der Waals surface area contributed by atoms with E-state index in [4.69, 9.17) is 4.74 Å². The van der Waals surface area contributed by atoms with E-state index >= 15 is 0 Å². The molecule has 0 radical (unpaired) electrons. The van der Waals surface area contributed by atoms with Crippen LogP contribution in [0.15, 0.2) is 17.5 Å². The van der Waals surface area contributed by atoms with E-state index < -0.39 is 5.54 Å². The Kier molecular flexibility index (Phi) is 4.50. The number of thiophene rings is 1. The Balaban J connectivity index is 2.74. The maximum absolute atomic E-state index is 11.6. The summed E-state index contributed by atoms with van der Waals surface area (Å²) in [7, 11) is 1.41. The van der Waals surface area contributed by atoms with E-state index in [2.05, 4.69) is 18.3 Å². The van der Waals surface area contributed by atoms with Crippen molar-refractivity contribution in [3.8, 4) is 0 Å². The van der Waals surface area contributed by atoms with Crippen LogP contribution in [-0.4, -0.2) is 18.6 Å². The number of nitrogens with one attached hydrogen (secondary N) is 1. The second kappa shape index (κ2) is 5.46. The minimum absolute atomic E-state index is 0.203. The summed E-state index contributed by atoms with van der Waals surface area (Å²) in [6.07, 6.45) is 0.945. The van der Waals surface area contributed by atoms with Crippen LogP contribution in [0.25, 0.3) is 0 Å². The van der Waals surface area contributed by atoms with Crippen LogP contribution >= 0.6 is 11.3 Å². The van der Waals surface area contributed by atoms with Gasteiger partial charge in [0.05, 0.1) is 7.11 Å². The second-order valence-corrected chi connectivity index (χ2v) is 5.22. The molecule has 0 bridgehead atoms. The lowest BCUT2D eigenvalue weighted by Crippen LogP contribution is -2.48. The Hall–Kier alpha value is -0.870. The predicted octanol–water partition coefficient (Wildman–Crippen LogP) is 2.74. The minimum atomic E-state index is -0.653. The van der Waals surface area contributed by atoms with Gasteiger partial charge in [0.2, 0.25) is 0 Å². The zero-order chi connectivity index (χ0) is 12.2. The zero-order valence-corrected chi connectivity index (χ0v) is 11.1. The average Bonchev–Trinajstić information content (AvgIpc) is 2.78. The Labute approximate surface area is 101 Å². The molecule has 1 unspecified atom stereocenters. The van der Waals surface area contributed by atoms with E-state index in [0.29, 0.717) is 0 Å². The highest BCUT2D eigenvalue weighted by molar-refractivity contribution is 7.10. The van der Waals surface area contributed by atoms with E-state index in [9.17, 15) is 4.79 Å². The number of rotatable bonds is 5. The van der Waals surface area contributed by atoms with Gasteiger partial charge in [-0.3, -0.25) is 10.1 Å². The molecule has 1 atom stereocenters. The zero-order valence-electron chi connectivity index (χ0n) is 10.2. The number of hydrogen-bond acceptors (Lipinski definition) is 4. The Morgan fingerprint density at radius 2 is 2.31 bits per heavy atom. The van der Waals surface area contributed by atoms with Crippen LogP contribution in [0.1, 0.15) is 38.1 Å². The van der Waals surface area contributed by atoms with Gasteiger partial charge in [0.1, 0.15) is 5.54 Å². The summed E-state index contributed by atoms with van der Waals surface area (Å²) in [6, 6.07) is 4.31. The molecule has 0 spiro atoms. The molecule has 1 aromatic heterocycles. The maximum atomic E-state index is 11.6. The van der Waals surface area contributed by atoms with Crippen LogP contribution in [0.5, 0.6) is 0 Å². The van der Waals surface area contributed by atoms with E-state index in [0.717, 1.165) is 6.42 Å². The molecule has 1 heterocycles. The molecule has 0 aromatic carbocycles. The Morgan fingerprint density at radius 1 is 1.62 bits per heavy atom.